The summed E-state index contributed by atoms with van der Waals surface area (Å²) in [6.45, 7) is 9.22. The minimum absolute atomic E-state index is 0.0879. The molecule has 1 atom stereocenters. The topological polar surface area (TPSA) is 56.2 Å². The van der Waals surface area contributed by atoms with Gasteiger partial charge >= 0.3 is 0 Å². The van der Waals surface area contributed by atoms with Crippen LogP contribution in [0.15, 0.2) is 35.8 Å². The monoisotopic (exact) mass is 417 g/mol. The van der Waals surface area contributed by atoms with Crippen LogP contribution in [0.3, 0.4) is 0 Å². The molecule has 5 nitrogen and oxygen atoms in total. The molecule has 28 heavy (non-hydrogen) atoms. The lowest BCUT2D eigenvalue weighted by molar-refractivity contribution is 0.0944. The maximum absolute atomic E-state index is 12.6. The molecule has 3 aromatic rings. The van der Waals surface area contributed by atoms with Gasteiger partial charge in [0.2, 0.25) is 0 Å². The van der Waals surface area contributed by atoms with E-state index in [4.69, 9.17) is 16.3 Å². The molecule has 0 aliphatic carbocycles. The molecule has 3 rings (SSSR count). The minimum atomic E-state index is -0.105. The molecule has 0 aliphatic heterocycles. The molecule has 1 unspecified atom stereocenters. The molecule has 0 saturated heterocycles. The van der Waals surface area contributed by atoms with Gasteiger partial charge in [-0.2, -0.15) is 5.10 Å². The molecule has 0 spiro atoms. The van der Waals surface area contributed by atoms with Gasteiger partial charge in [0.05, 0.1) is 17.1 Å². The molecule has 7 heteroatoms. The van der Waals surface area contributed by atoms with Crippen molar-refractivity contribution < 1.29 is 9.53 Å². The Labute approximate surface area is 174 Å². The number of hydrogen-bond donors (Lipinski definition) is 1. The van der Waals surface area contributed by atoms with Gasteiger partial charge in [-0.05, 0) is 62.9 Å². The molecular formula is C21H24ClN3O2S. The van der Waals surface area contributed by atoms with Crippen LogP contribution in [0, 0.1) is 13.8 Å². The summed E-state index contributed by atoms with van der Waals surface area (Å²) in [7, 11) is 0. The molecule has 148 valence electrons. The summed E-state index contributed by atoms with van der Waals surface area (Å²) in [6.07, 6.45) is 1.83. The van der Waals surface area contributed by atoms with Crippen LogP contribution in [0.2, 0.25) is 5.02 Å². The molecule has 1 aromatic carbocycles. The van der Waals surface area contributed by atoms with Crippen molar-refractivity contribution in [2.75, 3.05) is 0 Å². The van der Waals surface area contributed by atoms with E-state index in [0.29, 0.717) is 16.5 Å². The Balaban J connectivity index is 1.61. The van der Waals surface area contributed by atoms with Crippen LogP contribution < -0.4 is 10.1 Å². The third-order valence-electron chi connectivity index (χ3n) is 4.66. The first-order valence-corrected chi connectivity index (χ1v) is 10.4. The van der Waals surface area contributed by atoms with Crippen molar-refractivity contribution in [2.45, 2.75) is 46.9 Å². The Morgan fingerprint density at radius 3 is 2.82 bits per heavy atom. The highest BCUT2D eigenvalue weighted by Gasteiger charge is 2.17. The summed E-state index contributed by atoms with van der Waals surface area (Å²) in [5.74, 6) is 0.703. The maximum Gasteiger partial charge on any atom is 0.261 e. The van der Waals surface area contributed by atoms with E-state index in [1.54, 1.807) is 6.07 Å². The largest absolute Gasteiger partial charge is 0.489 e. The molecule has 2 aromatic heterocycles. The molecular weight excluding hydrogens is 394 g/mol. The highest BCUT2D eigenvalue weighted by molar-refractivity contribution is 7.12. The fourth-order valence-corrected chi connectivity index (χ4v) is 4.08. The number of carbonyl (C=O) groups excluding carboxylic acids is 1. The first-order valence-electron chi connectivity index (χ1n) is 9.18. The van der Waals surface area contributed by atoms with Gasteiger partial charge in [-0.25, -0.2) is 0 Å². The highest BCUT2D eigenvalue weighted by Crippen LogP contribution is 2.24. The Hall–Kier alpha value is -2.31. The first kappa shape index (κ1) is 20.4. The number of aryl methyl sites for hydroxylation is 2. The number of amides is 1. The molecule has 1 N–H and O–H groups in total. The zero-order valence-corrected chi connectivity index (χ0v) is 18.0. The molecule has 0 bridgehead atoms. The Kier molecular flexibility index (Phi) is 6.42. The number of rotatable bonds is 7. The zero-order valence-electron chi connectivity index (χ0n) is 16.5. The van der Waals surface area contributed by atoms with Crippen molar-refractivity contribution in [3.63, 3.8) is 0 Å². The molecule has 0 radical (unpaired) electrons. The molecule has 0 fully saturated rings. The van der Waals surface area contributed by atoms with Gasteiger partial charge in [-0.1, -0.05) is 11.6 Å². The second-order valence-electron chi connectivity index (χ2n) is 6.71. The third kappa shape index (κ3) is 4.56. The number of nitrogens with one attached hydrogen (secondary N) is 1. The fourth-order valence-electron chi connectivity index (χ4n) is 3.06. The van der Waals surface area contributed by atoms with Gasteiger partial charge in [0.1, 0.15) is 12.4 Å². The van der Waals surface area contributed by atoms with Crippen molar-refractivity contribution in [1.82, 2.24) is 15.1 Å². The lowest BCUT2D eigenvalue weighted by Gasteiger charge is -2.13. The van der Waals surface area contributed by atoms with Crippen LogP contribution >= 0.6 is 22.9 Å². The summed E-state index contributed by atoms with van der Waals surface area (Å²) in [5.41, 5.74) is 4.06. The average Bonchev–Trinajstić information content (AvgIpc) is 3.27. The summed E-state index contributed by atoms with van der Waals surface area (Å²) >= 11 is 7.39. The zero-order chi connectivity index (χ0) is 20.3. The number of nitrogens with zero attached hydrogens (tertiary/aromatic N) is 2. The van der Waals surface area contributed by atoms with Crippen molar-refractivity contribution >= 4 is 28.8 Å². The van der Waals surface area contributed by atoms with Crippen LogP contribution in [-0.2, 0) is 13.2 Å². The van der Waals surface area contributed by atoms with Crippen molar-refractivity contribution in [3.05, 3.63) is 68.1 Å². The summed E-state index contributed by atoms with van der Waals surface area (Å²) in [5, 5.41) is 10.0. The van der Waals surface area contributed by atoms with E-state index in [1.807, 2.05) is 62.2 Å². The van der Waals surface area contributed by atoms with Crippen LogP contribution in [0.4, 0.5) is 0 Å². The van der Waals surface area contributed by atoms with Gasteiger partial charge < -0.3 is 10.1 Å². The number of hydrogen-bond acceptors (Lipinski definition) is 4. The van der Waals surface area contributed by atoms with Crippen LogP contribution in [0.1, 0.15) is 51.9 Å². The molecule has 2 heterocycles. The van der Waals surface area contributed by atoms with E-state index >= 15 is 0 Å². The lowest BCUT2D eigenvalue weighted by Crippen LogP contribution is -2.26. The van der Waals surface area contributed by atoms with Crippen molar-refractivity contribution in [1.29, 1.82) is 0 Å². The van der Waals surface area contributed by atoms with E-state index in [2.05, 4.69) is 10.4 Å². The molecule has 0 saturated carbocycles. The maximum atomic E-state index is 12.6. The normalized spacial score (nSPS) is 12.0. The SMILES string of the molecule is CCn1ncc(C(C)NC(=O)c2cc(COc3ccc(Cl)cc3C)cs2)c1C. The van der Waals surface area contributed by atoms with Crippen molar-refractivity contribution in [2.24, 2.45) is 0 Å². The number of thiophene rings is 1. The number of halogens is 1. The third-order valence-corrected chi connectivity index (χ3v) is 5.88. The predicted octanol–water partition coefficient (Wildman–Crippen LogP) is 5.30. The number of carbonyl (C=O) groups is 1. The van der Waals surface area contributed by atoms with E-state index in [0.717, 1.165) is 34.7 Å². The number of ether oxygens (including phenoxy) is 1. The van der Waals surface area contributed by atoms with Gasteiger partial charge in [-0.3, -0.25) is 9.48 Å². The van der Waals surface area contributed by atoms with E-state index in [1.165, 1.54) is 11.3 Å². The second-order valence-corrected chi connectivity index (χ2v) is 8.06. The number of aromatic nitrogens is 2. The van der Waals surface area contributed by atoms with Crippen molar-refractivity contribution in [3.8, 4) is 5.75 Å². The predicted molar refractivity (Wildman–Crippen MR) is 113 cm³/mol. The average molecular weight is 418 g/mol. The summed E-state index contributed by atoms with van der Waals surface area (Å²) < 4.78 is 7.79. The van der Waals surface area contributed by atoms with Crippen LogP contribution in [0.25, 0.3) is 0 Å². The van der Waals surface area contributed by atoms with Gasteiger partial charge in [0.25, 0.3) is 5.91 Å². The smallest absolute Gasteiger partial charge is 0.261 e. The standard InChI is InChI=1S/C21H24ClN3O2S/c1-5-25-15(4)18(10-23-25)14(3)24-21(26)20-9-16(12-28-20)11-27-19-7-6-17(22)8-13(19)2/h6-10,12,14H,5,11H2,1-4H3,(H,24,26). The summed E-state index contributed by atoms with van der Waals surface area (Å²) in [4.78, 5) is 13.3. The van der Waals surface area contributed by atoms with Gasteiger partial charge in [0.15, 0.2) is 0 Å². The minimum Gasteiger partial charge on any atom is -0.489 e. The van der Waals surface area contributed by atoms with Gasteiger partial charge in [0, 0.05) is 28.4 Å². The highest BCUT2D eigenvalue weighted by atomic mass is 35.5. The lowest BCUT2D eigenvalue weighted by atomic mass is 10.1. The van der Waals surface area contributed by atoms with Crippen LogP contribution in [0.5, 0.6) is 5.75 Å². The van der Waals surface area contributed by atoms with Gasteiger partial charge in [-0.15, -0.1) is 11.3 Å². The Morgan fingerprint density at radius 1 is 1.36 bits per heavy atom. The quantitative estimate of drug-likeness (QED) is 0.567. The molecule has 0 aliphatic rings. The van der Waals surface area contributed by atoms with E-state index in [9.17, 15) is 4.79 Å². The Morgan fingerprint density at radius 2 is 2.14 bits per heavy atom. The summed E-state index contributed by atoms with van der Waals surface area (Å²) in [6, 6.07) is 7.30. The Bertz CT molecular complexity index is 980. The van der Waals surface area contributed by atoms with Crippen LogP contribution in [-0.4, -0.2) is 15.7 Å². The fraction of sp³-hybridized carbons (Fsp3) is 0.333. The first-order chi connectivity index (χ1) is 13.4. The van der Waals surface area contributed by atoms with E-state index < -0.39 is 0 Å². The second kappa shape index (κ2) is 8.80. The number of benzene rings is 1. The molecule has 1 amide bonds. The van der Waals surface area contributed by atoms with E-state index in [-0.39, 0.29) is 11.9 Å².